The van der Waals surface area contributed by atoms with Crippen LogP contribution in [0, 0.1) is 10.8 Å². The molecule has 1 heterocycles. The summed E-state index contributed by atoms with van der Waals surface area (Å²) in [6.45, 7) is 11.6. The molecule has 2 amide bonds. The quantitative estimate of drug-likeness (QED) is 0.390. The molecule has 0 aromatic heterocycles. The number of hydrazone groups is 1. The third-order valence-corrected chi connectivity index (χ3v) is 8.17. The van der Waals surface area contributed by atoms with Crippen LogP contribution in [-0.2, 0) is 24.5 Å². The van der Waals surface area contributed by atoms with Gasteiger partial charge in [-0.1, -0.05) is 83.6 Å². The van der Waals surface area contributed by atoms with E-state index in [4.69, 9.17) is 5.73 Å². The zero-order valence-corrected chi connectivity index (χ0v) is 22.5. The summed E-state index contributed by atoms with van der Waals surface area (Å²) in [6.07, 6.45) is 0.225. The van der Waals surface area contributed by atoms with Crippen LogP contribution in [0.25, 0.3) is 0 Å². The first-order valence-corrected chi connectivity index (χ1v) is 13.8. The number of nitrogens with zero attached hydrogens (tertiary/aromatic N) is 2. The summed E-state index contributed by atoms with van der Waals surface area (Å²) in [5, 5.41) is 9.57. The Balaban J connectivity index is 2.53. The number of amides is 2. The number of thioether (sulfide) groups is 1. The zero-order chi connectivity index (χ0) is 25.8. The molecule has 11 heteroatoms. The number of carbonyl (C=O) groups excluding carboxylic acids is 2. The summed E-state index contributed by atoms with van der Waals surface area (Å²) >= 11 is 1.28. The highest BCUT2D eigenvalue weighted by Crippen LogP contribution is 2.49. The molecule has 0 aliphatic carbocycles. The fourth-order valence-corrected chi connectivity index (χ4v) is 5.90. The van der Waals surface area contributed by atoms with Gasteiger partial charge in [-0.25, -0.2) is 18.1 Å². The second-order valence-electron chi connectivity index (χ2n) is 10.0. The lowest BCUT2D eigenvalue weighted by Gasteiger charge is -2.38. The Kier molecular flexibility index (Phi) is 8.95. The molecule has 1 aromatic carbocycles. The third-order valence-electron chi connectivity index (χ3n) is 5.49. The summed E-state index contributed by atoms with van der Waals surface area (Å²) in [4.78, 5) is 24.4. The molecule has 1 atom stereocenters. The van der Waals surface area contributed by atoms with Gasteiger partial charge in [0.2, 0.25) is 21.8 Å². The van der Waals surface area contributed by atoms with Crippen LogP contribution in [0.1, 0.15) is 53.5 Å². The lowest BCUT2D eigenvalue weighted by atomic mass is 9.89. The smallest absolute Gasteiger partial charge is 0.249 e. The molecule has 0 saturated heterocycles. The number of sulfonamides is 1. The monoisotopic (exact) mass is 511 g/mol. The van der Waals surface area contributed by atoms with E-state index in [1.165, 1.54) is 16.8 Å². The molecule has 2 rings (SSSR count). The number of hydrogen-bond donors (Lipinski definition) is 3. The average molecular weight is 512 g/mol. The highest BCUT2D eigenvalue weighted by Gasteiger charge is 2.51. The van der Waals surface area contributed by atoms with Crippen molar-refractivity contribution < 1.29 is 18.0 Å². The van der Waals surface area contributed by atoms with Crippen molar-refractivity contribution in [1.82, 2.24) is 15.0 Å². The third kappa shape index (κ3) is 6.80. The Labute approximate surface area is 207 Å². The van der Waals surface area contributed by atoms with Gasteiger partial charge in [-0.2, -0.15) is 5.10 Å². The van der Waals surface area contributed by atoms with Crippen LogP contribution < -0.4 is 15.8 Å². The SMILES string of the molecule is CCNCCS(=O)(=O)NC[C@@]1(c2ccccc2)SC(CC(C)(C)C(N)=O)=NN1C(=O)C(C)(C)C. The van der Waals surface area contributed by atoms with Crippen LogP contribution in [0.2, 0.25) is 0 Å². The second-order valence-corrected chi connectivity index (χ2v) is 13.3. The summed E-state index contributed by atoms with van der Waals surface area (Å²) < 4.78 is 28.2. The predicted molar refractivity (Wildman–Crippen MR) is 137 cm³/mol. The predicted octanol–water partition coefficient (Wildman–Crippen LogP) is 2.20. The van der Waals surface area contributed by atoms with Crippen molar-refractivity contribution in [2.75, 3.05) is 25.4 Å². The molecule has 0 unspecified atom stereocenters. The molecule has 1 aromatic rings. The number of rotatable bonds is 11. The second kappa shape index (κ2) is 10.8. The maximum absolute atomic E-state index is 13.6. The maximum Gasteiger partial charge on any atom is 0.249 e. The van der Waals surface area contributed by atoms with Gasteiger partial charge in [-0.3, -0.25) is 9.59 Å². The topological polar surface area (TPSA) is 134 Å². The zero-order valence-electron chi connectivity index (χ0n) is 20.8. The van der Waals surface area contributed by atoms with E-state index in [1.807, 2.05) is 37.3 Å². The van der Waals surface area contributed by atoms with Crippen LogP contribution in [0.3, 0.4) is 0 Å². The summed E-state index contributed by atoms with van der Waals surface area (Å²) in [7, 11) is -3.63. The molecular weight excluding hydrogens is 474 g/mol. The molecular formula is C23H37N5O4S2. The number of primary amides is 1. The summed E-state index contributed by atoms with van der Waals surface area (Å²) in [5.41, 5.74) is 4.64. The van der Waals surface area contributed by atoms with Gasteiger partial charge < -0.3 is 11.1 Å². The van der Waals surface area contributed by atoms with Gasteiger partial charge in [0.1, 0.15) is 0 Å². The van der Waals surface area contributed by atoms with E-state index in [-0.39, 0.29) is 24.6 Å². The Morgan fingerprint density at radius 1 is 1.15 bits per heavy atom. The van der Waals surface area contributed by atoms with Crippen LogP contribution in [0.5, 0.6) is 0 Å². The van der Waals surface area contributed by atoms with Gasteiger partial charge in [0.05, 0.1) is 17.3 Å². The van der Waals surface area contributed by atoms with Gasteiger partial charge in [-0.15, -0.1) is 0 Å². The van der Waals surface area contributed by atoms with Crippen molar-refractivity contribution >= 4 is 38.6 Å². The number of benzene rings is 1. The number of carbonyl (C=O) groups is 2. The first kappa shape index (κ1) is 28.3. The Morgan fingerprint density at radius 3 is 2.29 bits per heavy atom. The minimum atomic E-state index is -3.63. The van der Waals surface area contributed by atoms with Crippen molar-refractivity contribution in [1.29, 1.82) is 0 Å². The van der Waals surface area contributed by atoms with Crippen molar-refractivity contribution in [2.24, 2.45) is 21.7 Å². The fraction of sp³-hybridized carbons (Fsp3) is 0.609. The average Bonchev–Trinajstić information content (AvgIpc) is 3.10. The maximum atomic E-state index is 13.6. The van der Waals surface area contributed by atoms with Gasteiger partial charge in [0.25, 0.3) is 0 Å². The van der Waals surface area contributed by atoms with Crippen molar-refractivity contribution in [2.45, 2.75) is 52.8 Å². The lowest BCUT2D eigenvalue weighted by molar-refractivity contribution is -0.143. The van der Waals surface area contributed by atoms with Gasteiger partial charge in [-0.05, 0) is 12.1 Å². The van der Waals surface area contributed by atoms with Crippen molar-refractivity contribution in [3.05, 3.63) is 35.9 Å². The normalized spacial score (nSPS) is 19.2. The van der Waals surface area contributed by atoms with E-state index < -0.39 is 31.6 Å². The van der Waals surface area contributed by atoms with E-state index in [1.54, 1.807) is 34.6 Å². The molecule has 0 radical (unpaired) electrons. The highest BCUT2D eigenvalue weighted by molar-refractivity contribution is 8.15. The van der Waals surface area contributed by atoms with E-state index in [0.29, 0.717) is 18.1 Å². The minimum absolute atomic E-state index is 0.0814. The first-order chi connectivity index (χ1) is 15.6. The molecule has 0 saturated carbocycles. The molecule has 190 valence electrons. The standard InChI is InChI=1S/C23H37N5O4S2/c1-7-25-13-14-34(31,32)26-16-23(17-11-9-8-10-12-17)28(20(30)21(2,3)4)27-18(33-23)15-22(5,6)19(24)29/h8-12,25-26H,7,13-16H2,1-6H3,(H2,24,29)/t23-/m0/s1. The lowest BCUT2D eigenvalue weighted by Crippen LogP contribution is -2.52. The number of nitrogens with one attached hydrogen (secondary N) is 2. The number of nitrogens with two attached hydrogens (primary N) is 1. The van der Waals surface area contributed by atoms with E-state index in [2.05, 4.69) is 15.1 Å². The minimum Gasteiger partial charge on any atom is -0.369 e. The number of hydrogen-bond acceptors (Lipinski definition) is 7. The highest BCUT2D eigenvalue weighted by atomic mass is 32.2. The Hall–Kier alpha value is -1.95. The largest absolute Gasteiger partial charge is 0.369 e. The van der Waals surface area contributed by atoms with E-state index in [0.717, 1.165) is 5.56 Å². The molecule has 9 nitrogen and oxygen atoms in total. The molecule has 4 N–H and O–H groups in total. The van der Waals surface area contributed by atoms with Crippen LogP contribution >= 0.6 is 11.8 Å². The van der Waals surface area contributed by atoms with Crippen molar-refractivity contribution in [3.8, 4) is 0 Å². The van der Waals surface area contributed by atoms with E-state index in [9.17, 15) is 18.0 Å². The van der Waals surface area contributed by atoms with E-state index >= 15 is 0 Å². The van der Waals surface area contributed by atoms with Crippen LogP contribution in [-0.4, -0.2) is 55.7 Å². The Morgan fingerprint density at radius 2 is 1.76 bits per heavy atom. The van der Waals surface area contributed by atoms with Gasteiger partial charge in [0.15, 0.2) is 4.87 Å². The van der Waals surface area contributed by atoms with Crippen LogP contribution in [0.15, 0.2) is 35.4 Å². The molecule has 0 spiro atoms. The molecule has 1 aliphatic rings. The first-order valence-electron chi connectivity index (χ1n) is 11.3. The Bertz CT molecular complexity index is 1020. The van der Waals surface area contributed by atoms with Gasteiger partial charge >= 0.3 is 0 Å². The molecule has 34 heavy (non-hydrogen) atoms. The molecule has 0 fully saturated rings. The van der Waals surface area contributed by atoms with Gasteiger partial charge in [0, 0.05) is 23.8 Å². The van der Waals surface area contributed by atoms with Crippen LogP contribution in [0.4, 0.5) is 0 Å². The summed E-state index contributed by atoms with van der Waals surface area (Å²) in [5.74, 6) is -0.833. The summed E-state index contributed by atoms with van der Waals surface area (Å²) in [6, 6.07) is 9.22. The fourth-order valence-electron chi connectivity index (χ4n) is 3.27. The molecule has 1 aliphatic heterocycles. The van der Waals surface area contributed by atoms with Crippen molar-refractivity contribution in [3.63, 3.8) is 0 Å². The molecule has 0 bridgehead atoms.